The van der Waals surface area contributed by atoms with E-state index in [1.54, 1.807) is 11.3 Å². The second-order valence-corrected chi connectivity index (χ2v) is 4.37. The van der Waals surface area contributed by atoms with Crippen molar-refractivity contribution in [2.75, 3.05) is 0 Å². The van der Waals surface area contributed by atoms with Crippen LogP contribution in [0.2, 0.25) is 0 Å². The fraction of sp³-hybridized carbons (Fsp3) is 0.636. The first-order valence-corrected chi connectivity index (χ1v) is 6.05. The van der Waals surface area contributed by atoms with Gasteiger partial charge in [0.1, 0.15) is 0 Å². The molecule has 0 amide bonds. The van der Waals surface area contributed by atoms with Crippen molar-refractivity contribution in [3.63, 3.8) is 0 Å². The molecule has 0 aliphatic heterocycles. The molecule has 0 saturated heterocycles. The molecule has 0 bridgehead atoms. The summed E-state index contributed by atoms with van der Waals surface area (Å²) in [5, 5.41) is 23.2. The Morgan fingerprint density at radius 3 is 2.57 bits per heavy atom. The summed E-state index contributed by atoms with van der Waals surface area (Å²) in [5.41, 5.74) is 1.25. The number of thiophene rings is 1. The van der Waals surface area contributed by atoms with E-state index in [2.05, 4.69) is 11.4 Å². The molecule has 0 fully saturated rings. The fourth-order valence-corrected chi connectivity index (χ4v) is 2.13. The van der Waals surface area contributed by atoms with Gasteiger partial charge in [-0.1, -0.05) is 13.3 Å². The Hall–Kier alpha value is -0.380. The highest BCUT2D eigenvalue weighted by Crippen LogP contribution is 2.12. The molecule has 1 heterocycles. The highest BCUT2D eigenvalue weighted by atomic mass is 32.1. The molecule has 2 atom stereocenters. The minimum absolute atomic E-state index is 0.557. The molecule has 1 aromatic heterocycles. The van der Waals surface area contributed by atoms with Gasteiger partial charge in [-0.15, -0.1) is 0 Å². The second kappa shape index (κ2) is 6.17. The molecule has 0 aromatic carbocycles. The Balaban J connectivity index is 2.24. The van der Waals surface area contributed by atoms with Gasteiger partial charge in [-0.25, -0.2) is 0 Å². The molecule has 0 aliphatic carbocycles. The van der Waals surface area contributed by atoms with Crippen LogP contribution in [0.1, 0.15) is 31.7 Å². The molecule has 0 radical (unpaired) electrons. The van der Waals surface area contributed by atoms with Gasteiger partial charge in [0.05, 0.1) is 12.2 Å². The molecule has 1 rings (SSSR count). The van der Waals surface area contributed by atoms with Crippen LogP contribution in [0.3, 0.4) is 0 Å². The van der Waals surface area contributed by atoms with Crippen molar-refractivity contribution >= 4 is 11.3 Å². The van der Waals surface area contributed by atoms with Crippen LogP contribution in [0.5, 0.6) is 0 Å². The van der Waals surface area contributed by atoms with Crippen molar-refractivity contribution in [1.29, 1.82) is 0 Å². The SMILES string of the molecule is CCCC(O)C(O)CCc1ccsc1. The summed E-state index contributed by atoms with van der Waals surface area (Å²) in [4.78, 5) is 0. The van der Waals surface area contributed by atoms with E-state index in [9.17, 15) is 10.2 Å². The van der Waals surface area contributed by atoms with Gasteiger partial charge in [0.25, 0.3) is 0 Å². The number of aliphatic hydroxyl groups excluding tert-OH is 2. The second-order valence-electron chi connectivity index (χ2n) is 3.59. The first-order chi connectivity index (χ1) is 6.74. The van der Waals surface area contributed by atoms with E-state index < -0.39 is 12.2 Å². The van der Waals surface area contributed by atoms with Crippen molar-refractivity contribution in [3.8, 4) is 0 Å². The van der Waals surface area contributed by atoms with Crippen molar-refractivity contribution in [2.45, 2.75) is 44.8 Å². The maximum absolute atomic E-state index is 9.60. The van der Waals surface area contributed by atoms with E-state index in [-0.39, 0.29) is 0 Å². The van der Waals surface area contributed by atoms with Gasteiger partial charge >= 0.3 is 0 Å². The Morgan fingerprint density at radius 2 is 2.00 bits per heavy atom. The third-order valence-corrected chi connectivity index (χ3v) is 3.07. The summed E-state index contributed by atoms with van der Waals surface area (Å²) in [6.45, 7) is 2.01. The predicted octanol–water partition coefficient (Wildman–Crippen LogP) is 2.20. The summed E-state index contributed by atoms with van der Waals surface area (Å²) in [6.07, 6.45) is 1.97. The zero-order valence-corrected chi connectivity index (χ0v) is 9.33. The molecular formula is C11H18O2S. The van der Waals surface area contributed by atoms with Crippen LogP contribution in [0.15, 0.2) is 16.8 Å². The highest BCUT2D eigenvalue weighted by molar-refractivity contribution is 7.07. The van der Waals surface area contributed by atoms with Crippen molar-refractivity contribution in [1.82, 2.24) is 0 Å². The molecule has 2 N–H and O–H groups in total. The zero-order chi connectivity index (χ0) is 10.4. The van der Waals surface area contributed by atoms with E-state index in [0.29, 0.717) is 12.8 Å². The Bertz CT molecular complexity index is 233. The molecular weight excluding hydrogens is 196 g/mol. The fourth-order valence-electron chi connectivity index (χ4n) is 1.43. The summed E-state index contributed by atoms with van der Waals surface area (Å²) in [7, 11) is 0. The summed E-state index contributed by atoms with van der Waals surface area (Å²) in [5.74, 6) is 0. The summed E-state index contributed by atoms with van der Waals surface area (Å²) >= 11 is 1.67. The lowest BCUT2D eigenvalue weighted by Gasteiger charge is -2.16. The Morgan fingerprint density at radius 1 is 1.29 bits per heavy atom. The predicted molar refractivity (Wildman–Crippen MR) is 59.6 cm³/mol. The Labute approximate surface area is 89.2 Å². The van der Waals surface area contributed by atoms with E-state index >= 15 is 0 Å². The maximum atomic E-state index is 9.60. The van der Waals surface area contributed by atoms with E-state index in [4.69, 9.17) is 0 Å². The van der Waals surface area contributed by atoms with Crippen LogP contribution < -0.4 is 0 Å². The van der Waals surface area contributed by atoms with Crippen LogP contribution in [0.4, 0.5) is 0 Å². The third-order valence-electron chi connectivity index (χ3n) is 2.34. The molecule has 1 aromatic rings. The average Bonchev–Trinajstić information content (AvgIpc) is 2.67. The lowest BCUT2D eigenvalue weighted by atomic mass is 10.0. The molecule has 14 heavy (non-hydrogen) atoms. The van der Waals surface area contributed by atoms with Crippen molar-refractivity contribution < 1.29 is 10.2 Å². The normalized spacial score (nSPS) is 15.4. The molecule has 0 aliphatic rings. The topological polar surface area (TPSA) is 40.5 Å². The summed E-state index contributed by atoms with van der Waals surface area (Å²) < 4.78 is 0. The first-order valence-electron chi connectivity index (χ1n) is 5.11. The maximum Gasteiger partial charge on any atom is 0.0802 e. The van der Waals surface area contributed by atoms with Crippen molar-refractivity contribution in [2.24, 2.45) is 0 Å². The summed E-state index contributed by atoms with van der Waals surface area (Å²) in [6, 6.07) is 2.06. The number of hydrogen-bond acceptors (Lipinski definition) is 3. The number of aliphatic hydroxyl groups is 2. The van der Waals surface area contributed by atoms with Crippen LogP contribution in [-0.2, 0) is 6.42 Å². The largest absolute Gasteiger partial charge is 0.390 e. The van der Waals surface area contributed by atoms with Crippen molar-refractivity contribution in [3.05, 3.63) is 22.4 Å². The quantitative estimate of drug-likeness (QED) is 0.762. The number of aryl methyl sites for hydroxylation is 1. The third kappa shape index (κ3) is 3.78. The van der Waals surface area contributed by atoms with Gasteiger partial charge in [-0.3, -0.25) is 0 Å². The van der Waals surface area contributed by atoms with E-state index in [1.165, 1.54) is 5.56 Å². The zero-order valence-electron chi connectivity index (χ0n) is 8.52. The standard InChI is InChI=1S/C11H18O2S/c1-2-3-10(12)11(13)5-4-9-6-7-14-8-9/h6-8,10-13H,2-5H2,1H3. The lowest BCUT2D eigenvalue weighted by molar-refractivity contribution is 0.00982. The van der Waals surface area contributed by atoms with Gasteiger partial charge in [0.15, 0.2) is 0 Å². The average molecular weight is 214 g/mol. The van der Waals surface area contributed by atoms with E-state index in [1.807, 2.05) is 12.3 Å². The number of hydrogen-bond donors (Lipinski definition) is 2. The molecule has 0 saturated carbocycles. The molecule has 3 heteroatoms. The van der Waals surface area contributed by atoms with Gasteiger partial charge in [-0.2, -0.15) is 11.3 Å². The van der Waals surface area contributed by atoms with Crippen LogP contribution in [-0.4, -0.2) is 22.4 Å². The molecule has 2 unspecified atom stereocenters. The van der Waals surface area contributed by atoms with E-state index in [0.717, 1.165) is 12.8 Å². The van der Waals surface area contributed by atoms with Crippen LogP contribution >= 0.6 is 11.3 Å². The van der Waals surface area contributed by atoms with Gasteiger partial charge in [0, 0.05) is 0 Å². The lowest BCUT2D eigenvalue weighted by Crippen LogP contribution is -2.26. The van der Waals surface area contributed by atoms with Crippen LogP contribution in [0, 0.1) is 0 Å². The minimum Gasteiger partial charge on any atom is -0.390 e. The minimum atomic E-state index is -0.574. The van der Waals surface area contributed by atoms with Gasteiger partial charge < -0.3 is 10.2 Å². The van der Waals surface area contributed by atoms with Gasteiger partial charge in [-0.05, 0) is 41.7 Å². The molecule has 0 spiro atoms. The number of rotatable bonds is 6. The smallest absolute Gasteiger partial charge is 0.0802 e. The first kappa shape index (κ1) is 11.7. The molecule has 80 valence electrons. The monoisotopic (exact) mass is 214 g/mol. The Kier molecular flexibility index (Phi) is 5.15. The highest BCUT2D eigenvalue weighted by Gasteiger charge is 2.14. The molecule has 2 nitrogen and oxygen atoms in total. The van der Waals surface area contributed by atoms with Gasteiger partial charge in [0.2, 0.25) is 0 Å². The van der Waals surface area contributed by atoms with Crippen LogP contribution in [0.25, 0.3) is 0 Å².